The summed E-state index contributed by atoms with van der Waals surface area (Å²) in [5.74, 6) is -0.195. The van der Waals surface area contributed by atoms with E-state index in [2.05, 4.69) is 54.5 Å². The van der Waals surface area contributed by atoms with Crippen molar-refractivity contribution in [3.8, 4) is 0 Å². The fraction of sp³-hybridized carbons (Fsp3) is 0.533. The first-order chi connectivity index (χ1) is 17.9. The van der Waals surface area contributed by atoms with Gasteiger partial charge in [-0.1, -0.05) is 37.6 Å². The van der Waals surface area contributed by atoms with Gasteiger partial charge in [0.15, 0.2) is 0 Å². The lowest BCUT2D eigenvalue weighted by molar-refractivity contribution is -0.144. The first-order valence-corrected chi connectivity index (χ1v) is 13.6. The van der Waals surface area contributed by atoms with Gasteiger partial charge in [-0.05, 0) is 76.3 Å². The molecular weight excluding hydrogens is 466 g/mol. The number of hydrogen-bond acceptors (Lipinski definition) is 5. The Morgan fingerprint density at radius 3 is 2.27 bits per heavy atom. The molecule has 0 spiro atoms. The minimum absolute atomic E-state index is 0.195. The SMILES string of the molecule is CCOC(=O)CC(CC)(CC)c1ccc(N(CC)C2CCOCC2)c(NC(=O)Nc2ccc(C)cc2)c1. The smallest absolute Gasteiger partial charge is 0.323 e. The minimum atomic E-state index is -0.371. The number of carbonyl (C=O) groups excluding carboxylic acids is 2. The van der Waals surface area contributed by atoms with E-state index in [1.165, 1.54) is 0 Å². The first-order valence-electron chi connectivity index (χ1n) is 13.6. The number of hydrogen-bond donors (Lipinski definition) is 2. The van der Waals surface area contributed by atoms with Crippen molar-refractivity contribution >= 4 is 29.1 Å². The maximum Gasteiger partial charge on any atom is 0.323 e. The Morgan fingerprint density at radius 2 is 1.68 bits per heavy atom. The highest BCUT2D eigenvalue weighted by molar-refractivity contribution is 6.02. The zero-order valence-corrected chi connectivity index (χ0v) is 23.1. The Bertz CT molecular complexity index is 1030. The van der Waals surface area contributed by atoms with Gasteiger partial charge >= 0.3 is 12.0 Å². The molecular formula is C30H43N3O4. The largest absolute Gasteiger partial charge is 0.466 e. The number of rotatable bonds is 11. The van der Waals surface area contributed by atoms with E-state index in [1.807, 2.05) is 38.1 Å². The van der Waals surface area contributed by atoms with E-state index in [9.17, 15) is 9.59 Å². The minimum Gasteiger partial charge on any atom is -0.466 e. The van der Waals surface area contributed by atoms with Crippen LogP contribution in [-0.2, 0) is 19.7 Å². The summed E-state index contributed by atoms with van der Waals surface area (Å²) < 4.78 is 10.9. The highest BCUT2D eigenvalue weighted by Gasteiger charge is 2.33. The summed E-state index contributed by atoms with van der Waals surface area (Å²) in [5, 5.41) is 6.08. The average molecular weight is 510 g/mol. The Balaban J connectivity index is 1.99. The summed E-state index contributed by atoms with van der Waals surface area (Å²) in [6.07, 6.45) is 3.77. The molecule has 7 nitrogen and oxygen atoms in total. The van der Waals surface area contributed by atoms with Gasteiger partial charge in [0.1, 0.15) is 0 Å². The monoisotopic (exact) mass is 509 g/mol. The molecule has 2 amide bonds. The number of esters is 1. The number of nitrogens with zero attached hydrogens (tertiary/aromatic N) is 1. The Hall–Kier alpha value is -3.06. The van der Waals surface area contributed by atoms with Gasteiger partial charge < -0.3 is 25.0 Å². The van der Waals surface area contributed by atoms with Crippen molar-refractivity contribution in [2.75, 3.05) is 41.9 Å². The third-order valence-electron chi connectivity index (χ3n) is 7.59. The molecule has 3 rings (SSSR count). The molecule has 0 radical (unpaired) electrons. The molecule has 0 atom stereocenters. The lowest BCUT2D eigenvalue weighted by Gasteiger charge is -2.37. The topological polar surface area (TPSA) is 79.9 Å². The molecule has 1 aliphatic heterocycles. The van der Waals surface area contributed by atoms with E-state index in [0.29, 0.717) is 19.1 Å². The Labute approximate surface area is 221 Å². The molecule has 2 N–H and O–H groups in total. The van der Waals surface area contributed by atoms with Crippen molar-refractivity contribution in [3.63, 3.8) is 0 Å². The van der Waals surface area contributed by atoms with E-state index >= 15 is 0 Å². The van der Waals surface area contributed by atoms with Crippen molar-refractivity contribution in [2.45, 2.75) is 78.2 Å². The Kier molecular flexibility index (Phi) is 10.4. The van der Waals surface area contributed by atoms with E-state index in [1.54, 1.807) is 0 Å². The second-order valence-electron chi connectivity index (χ2n) is 9.78. The number of carbonyl (C=O) groups is 2. The van der Waals surface area contributed by atoms with Crippen LogP contribution in [0.1, 0.15) is 70.9 Å². The lowest BCUT2D eigenvalue weighted by Crippen LogP contribution is -2.40. The van der Waals surface area contributed by atoms with Gasteiger partial charge in [-0.2, -0.15) is 0 Å². The van der Waals surface area contributed by atoms with Gasteiger partial charge in [0, 0.05) is 36.9 Å². The number of amides is 2. The van der Waals surface area contributed by atoms with Crippen molar-refractivity contribution in [1.82, 2.24) is 0 Å². The molecule has 1 heterocycles. The maximum atomic E-state index is 13.1. The molecule has 1 fully saturated rings. The maximum absolute atomic E-state index is 13.1. The number of nitrogens with one attached hydrogen (secondary N) is 2. The van der Waals surface area contributed by atoms with Crippen LogP contribution >= 0.6 is 0 Å². The summed E-state index contributed by atoms with van der Waals surface area (Å²) in [7, 11) is 0. The summed E-state index contributed by atoms with van der Waals surface area (Å²) in [4.78, 5) is 28.0. The standard InChI is InChI=1S/C30H43N3O4/c1-6-30(7-2,21-28(34)37-9-4)23-12-15-27(33(8-3)25-16-18-36-19-17-25)26(20-23)32-29(35)31-24-13-10-22(5)11-14-24/h10-15,20,25H,6-9,16-19,21H2,1-5H3,(H2,31,32,35). The highest BCUT2D eigenvalue weighted by Crippen LogP contribution is 2.40. The van der Waals surface area contributed by atoms with Crippen molar-refractivity contribution in [1.29, 1.82) is 0 Å². The van der Waals surface area contributed by atoms with E-state index in [0.717, 1.165) is 73.6 Å². The summed E-state index contributed by atoms with van der Waals surface area (Å²) in [5.41, 5.74) is 4.25. The molecule has 0 saturated carbocycles. The number of aryl methyl sites for hydroxylation is 1. The lowest BCUT2D eigenvalue weighted by atomic mass is 9.73. The summed E-state index contributed by atoms with van der Waals surface area (Å²) >= 11 is 0. The summed E-state index contributed by atoms with van der Waals surface area (Å²) in [6, 6.07) is 14.0. The van der Waals surface area contributed by atoms with Gasteiger partial charge in [0.2, 0.25) is 0 Å². The van der Waals surface area contributed by atoms with Gasteiger partial charge in [0.05, 0.1) is 24.4 Å². The molecule has 202 valence electrons. The molecule has 1 aliphatic rings. The quantitative estimate of drug-likeness (QED) is 0.331. The number of anilines is 3. The molecule has 1 saturated heterocycles. The molecule has 37 heavy (non-hydrogen) atoms. The van der Waals surface area contributed by atoms with Crippen LogP contribution in [0, 0.1) is 6.92 Å². The average Bonchev–Trinajstić information content (AvgIpc) is 2.90. The Morgan fingerprint density at radius 1 is 1.00 bits per heavy atom. The number of urea groups is 1. The molecule has 0 unspecified atom stereocenters. The first kappa shape index (κ1) is 28.5. The fourth-order valence-corrected chi connectivity index (χ4v) is 5.26. The second-order valence-corrected chi connectivity index (χ2v) is 9.78. The zero-order valence-electron chi connectivity index (χ0n) is 23.1. The second kappa shape index (κ2) is 13.5. The zero-order chi connectivity index (χ0) is 26.8. The van der Waals surface area contributed by atoms with Gasteiger partial charge in [-0.25, -0.2) is 4.79 Å². The van der Waals surface area contributed by atoms with Crippen LogP contribution in [0.3, 0.4) is 0 Å². The molecule has 7 heteroatoms. The number of benzene rings is 2. The van der Waals surface area contributed by atoms with Crippen molar-refractivity contribution in [3.05, 3.63) is 53.6 Å². The predicted octanol–water partition coefficient (Wildman–Crippen LogP) is 6.66. The fourth-order valence-electron chi connectivity index (χ4n) is 5.26. The van der Waals surface area contributed by atoms with Gasteiger partial charge in [0.25, 0.3) is 0 Å². The van der Waals surface area contributed by atoms with Crippen molar-refractivity contribution < 1.29 is 19.1 Å². The van der Waals surface area contributed by atoms with E-state index in [4.69, 9.17) is 9.47 Å². The third kappa shape index (κ3) is 7.25. The van der Waals surface area contributed by atoms with E-state index in [-0.39, 0.29) is 17.4 Å². The molecule has 2 aromatic carbocycles. The van der Waals surface area contributed by atoms with Crippen LogP contribution < -0.4 is 15.5 Å². The van der Waals surface area contributed by atoms with Crippen LogP contribution in [0.15, 0.2) is 42.5 Å². The predicted molar refractivity (Wildman–Crippen MR) is 151 cm³/mol. The molecule has 0 aliphatic carbocycles. The number of ether oxygens (including phenoxy) is 2. The van der Waals surface area contributed by atoms with Crippen molar-refractivity contribution in [2.24, 2.45) is 0 Å². The summed E-state index contributed by atoms with van der Waals surface area (Å²) in [6.45, 7) is 12.9. The van der Waals surface area contributed by atoms with Crippen LogP contribution in [0.4, 0.5) is 21.9 Å². The molecule has 2 aromatic rings. The highest BCUT2D eigenvalue weighted by atomic mass is 16.5. The molecule has 0 aromatic heterocycles. The third-order valence-corrected chi connectivity index (χ3v) is 7.59. The van der Waals surface area contributed by atoms with Crippen LogP contribution in [0.25, 0.3) is 0 Å². The van der Waals surface area contributed by atoms with Crippen LogP contribution in [-0.4, -0.2) is 44.4 Å². The molecule has 0 bridgehead atoms. The van der Waals surface area contributed by atoms with Gasteiger partial charge in [-0.15, -0.1) is 0 Å². The van der Waals surface area contributed by atoms with Crippen LogP contribution in [0.5, 0.6) is 0 Å². The van der Waals surface area contributed by atoms with Crippen LogP contribution in [0.2, 0.25) is 0 Å². The normalized spacial score (nSPS) is 14.2. The van der Waals surface area contributed by atoms with Gasteiger partial charge in [-0.3, -0.25) is 4.79 Å². The van der Waals surface area contributed by atoms with E-state index < -0.39 is 0 Å².